The van der Waals surface area contributed by atoms with Crippen LogP contribution in [0.1, 0.15) is 12.8 Å². The minimum atomic E-state index is -5.01. The second-order valence-electron chi connectivity index (χ2n) is 3.22. The smallest absolute Gasteiger partial charge is 0.403 e. The van der Waals surface area contributed by atoms with Crippen molar-refractivity contribution < 1.29 is 36.2 Å². The Morgan fingerprint density at radius 1 is 1.12 bits per heavy atom. The number of nitrogens with two attached hydrogens (primary N) is 1. The minimum Gasteiger partial charge on any atom is -0.481 e. The average molecular weight is 253 g/mol. The zero-order valence-corrected chi connectivity index (χ0v) is 7.77. The molecule has 9 heteroatoms. The molecule has 0 aliphatic rings. The molecule has 0 aromatic carbocycles. The summed E-state index contributed by atoms with van der Waals surface area (Å²) in [5.74, 6) is -4.42. The van der Waals surface area contributed by atoms with E-state index in [0.717, 1.165) is 0 Å². The Hall–Kier alpha value is -0.990. The number of rotatable bonds is 4. The van der Waals surface area contributed by atoms with Gasteiger partial charge >= 0.3 is 18.3 Å². The van der Waals surface area contributed by atoms with Crippen molar-refractivity contribution in [2.75, 3.05) is 0 Å². The van der Waals surface area contributed by atoms with Gasteiger partial charge in [0, 0.05) is 0 Å². The number of alkyl halides is 6. The summed E-state index contributed by atoms with van der Waals surface area (Å²) in [5, 5.41) is 8.14. The Morgan fingerprint density at radius 2 is 1.56 bits per heavy atom. The van der Waals surface area contributed by atoms with Crippen molar-refractivity contribution >= 4 is 5.97 Å². The molecule has 0 fully saturated rings. The van der Waals surface area contributed by atoms with Crippen LogP contribution in [0, 0.1) is 5.92 Å². The standard InChI is InChI=1S/C7H9F6NO2/c8-6(9,10)3(2-5(15)16)1-4(14)7(11,12)13/h3-4H,1-2,14H2,(H,15,16)/t3-,4+/m0/s1. The first-order valence-corrected chi connectivity index (χ1v) is 4.05. The fraction of sp³-hybridized carbons (Fsp3) is 0.857. The van der Waals surface area contributed by atoms with E-state index in [-0.39, 0.29) is 0 Å². The molecule has 0 radical (unpaired) electrons. The highest BCUT2D eigenvalue weighted by molar-refractivity contribution is 5.67. The van der Waals surface area contributed by atoms with E-state index in [1.165, 1.54) is 0 Å². The van der Waals surface area contributed by atoms with E-state index in [1.807, 2.05) is 0 Å². The largest absolute Gasteiger partial charge is 0.481 e. The summed E-state index contributed by atoms with van der Waals surface area (Å²) in [6.07, 6.45) is -12.9. The number of halogens is 6. The van der Waals surface area contributed by atoms with Gasteiger partial charge in [-0.15, -0.1) is 0 Å². The lowest BCUT2D eigenvalue weighted by Gasteiger charge is -2.23. The average Bonchev–Trinajstić information content (AvgIpc) is 1.98. The predicted octanol–water partition coefficient (Wildman–Crippen LogP) is 1.92. The van der Waals surface area contributed by atoms with Gasteiger partial charge in [-0.1, -0.05) is 0 Å². The first kappa shape index (κ1) is 15.0. The molecule has 0 amide bonds. The first-order chi connectivity index (χ1) is 6.94. The monoisotopic (exact) mass is 253 g/mol. The third kappa shape index (κ3) is 5.19. The fourth-order valence-electron chi connectivity index (χ4n) is 0.984. The summed E-state index contributed by atoms with van der Waals surface area (Å²) in [4.78, 5) is 10.1. The minimum absolute atomic E-state index is 1.42. The Kier molecular flexibility index (Phi) is 4.59. The van der Waals surface area contributed by atoms with Crippen LogP contribution in [0.5, 0.6) is 0 Å². The molecule has 3 N–H and O–H groups in total. The third-order valence-corrected chi connectivity index (χ3v) is 1.84. The highest BCUT2D eigenvalue weighted by atomic mass is 19.4. The molecule has 2 atom stereocenters. The molecule has 0 aliphatic heterocycles. The molecule has 0 unspecified atom stereocenters. The van der Waals surface area contributed by atoms with E-state index >= 15 is 0 Å². The van der Waals surface area contributed by atoms with Crippen molar-refractivity contribution in [1.82, 2.24) is 0 Å². The van der Waals surface area contributed by atoms with Gasteiger partial charge in [-0.2, -0.15) is 26.3 Å². The van der Waals surface area contributed by atoms with Crippen LogP contribution in [0.25, 0.3) is 0 Å². The van der Waals surface area contributed by atoms with Crippen molar-refractivity contribution in [3.05, 3.63) is 0 Å². The van der Waals surface area contributed by atoms with Crippen LogP contribution in [-0.4, -0.2) is 29.5 Å². The Balaban J connectivity index is 4.62. The van der Waals surface area contributed by atoms with Crippen LogP contribution in [0.15, 0.2) is 0 Å². The van der Waals surface area contributed by atoms with Crippen molar-refractivity contribution in [2.45, 2.75) is 31.2 Å². The number of carboxylic acids is 1. The molecule has 3 nitrogen and oxygen atoms in total. The number of carboxylic acid groups (broad SMARTS) is 1. The quantitative estimate of drug-likeness (QED) is 0.752. The van der Waals surface area contributed by atoms with E-state index < -0.39 is 43.1 Å². The molecule has 0 aliphatic carbocycles. The van der Waals surface area contributed by atoms with Gasteiger partial charge in [-0.3, -0.25) is 4.79 Å². The second-order valence-corrected chi connectivity index (χ2v) is 3.22. The van der Waals surface area contributed by atoms with E-state index in [9.17, 15) is 31.1 Å². The molecular formula is C7H9F6NO2. The predicted molar refractivity (Wildman–Crippen MR) is 40.4 cm³/mol. The second kappa shape index (κ2) is 4.89. The maximum absolute atomic E-state index is 12.1. The summed E-state index contributed by atoms with van der Waals surface area (Å²) >= 11 is 0. The van der Waals surface area contributed by atoms with Gasteiger partial charge in [0.05, 0.1) is 12.3 Å². The van der Waals surface area contributed by atoms with Crippen LogP contribution in [0.4, 0.5) is 26.3 Å². The number of hydrogen-bond donors (Lipinski definition) is 2. The Bertz CT molecular complexity index is 248. The lowest BCUT2D eigenvalue weighted by atomic mass is 9.96. The van der Waals surface area contributed by atoms with Crippen molar-refractivity contribution in [2.24, 2.45) is 11.7 Å². The fourth-order valence-corrected chi connectivity index (χ4v) is 0.984. The lowest BCUT2D eigenvalue weighted by Crippen LogP contribution is -2.42. The lowest BCUT2D eigenvalue weighted by molar-refractivity contribution is -0.199. The van der Waals surface area contributed by atoms with Gasteiger partial charge in [0.2, 0.25) is 0 Å². The van der Waals surface area contributed by atoms with Crippen LogP contribution in [0.3, 0.4) is 0 Å². The van der Waals surface area contributed by atoms with Crippen molar-refractivity contribution in [3.63, 3.8) is 0 Å². The molecule has 0 aromatic heterocycles. The summed E-state index contributed by atoms with van der Waals surface area (Å²) in [5.41, 5.74) is 4.51. The Labute approximate surface area is 86.2 Å². The first-order valence-electron chi connectivity index (χ1n) is 4.05. The van der Waals surface area contributed by atoms with E-state index in [4.69, 9.17) is 5.11 Å². The van der Waals surface area contributed by atoms with Gasteiger partial charge in [0.1, 0.15) is 6.04 Å². The van der Waals surface area contributed by atoms with E-state index in [2.05, 4.69) is 5.73 Å². The molecule has 16 heavy (non-hydrogen) atoms. The topological polar surface area (TPSA) is 63.3 Å². The summed E-state index contributed by atoms with van der Waals surface area (Å²) in [6, 6.07) is -2.68. The summed E-state index contributed by atoms with van der Waals surface area (Å²) in [7, 11) is 0. The highest BCUT2D eigenvalue weighted by Gasteiger charge is 2.46. The highest BCUT2D eigenvalue weighted by Crippen LogP contribution is 2.35. The van der Waals surface area contributed by atoms with Gasteiger partial charge in [-0.05, 0) is 6.42 Å². The maximum Gasteiger partial charge on any atom is 0.403 e. The van der Waals surface area contributed by atoms with Gasteiger partial charge < -0.3 is 10.8 Å². The molecule has 0 saturated carbocycles. The van der Waals surface area contributed by atoms with Gasteiger partial charge in [0.15, 0.2) is 0 Å². The third-order valence-electron chi connectivity index (χ3n) is 1.84. The molecule has 0 saturated heterocycles. The Morgan fingerprint density at radius 3 is 1.81 bits per heavy atom. The molecular weight excluding hydrogens is 244 g/mol. The summed E-state index contributed by atoms with van der Waals surface area (Å²) in [6.45, 7) is 0. The normalized spacial score (nSPS) is 16.9. The van der Waals surface area contributed by atoms with Gasteiger partial charge in [-0.25, -0.2) is 0 Å². The molecule has 0 bridgehead atoms. The van der Waals surface area contributed by atoms with Crippen molar-refractivity contribution in [3.8, 4) is 0 Å². The SMILES string of the molecule is N[C@H](C[C@@H](CC(=O)O)C(F)(F)F)C(F)(F)F. The van der Waals surface area contributed by atoms with Crippen LogP contribution in [-0.2, 0) is 4.79 Å². The van der Waals surface area contributed by atoms with Gasteiger partial charge in [0.25, 0.3) is 0 Å². The number of hydrogen-bond acceptors (Lipinski definition) is 2. The molecule has 0 aromatic rings. The molecule has 0 spiro atoms. The van der Waals surface area contributed by atoms with Crippen LogP contribution in [0.2, 0.25) is 0 Å². The van der Waals surface area contributed by atoms with Crippen LogP contribution < -0.4 is 5.73 Å². The zero-order chi connectivity index (χ0) is 13.1. The van der Waals surface area contributed by atoms with Crippen molar-refractivity contribution in [1.29, 1.82) is 0 Å². The summed E-state index contributed by atoms with van der Waals surface area (Å²) < 4.78 is 72.1. The van der Waals surface area contributed by atoms with Crippen LogP contribution >= 0.6 is 0 Å². The number of aliphatic carboxylic acids is 1. The molecule has 0 heterocycles. The molecule has 0 rings (SSSR count). The number of carbonyl (C=O) groups is 1. The molecule has 96 valence electrons. The van der Waals surface area contributed by atoms with E-state index in [1.54, 1.807) is 0 Å². The maximum atomic E-state index is 12.1. The van der Waals surface area contributed by atoms with E-state index in [0.29, 0.717) is 0 Å². The zero-order valence-electron chi connectivity index (χ0n) is 7.77.